The average molecular weight is 154 g/mol. The Bertz CT molecular complexity index is 151. The van der Waals surface area contributed by atoms with Crippen LogP contribution in [-0.4, -0.2) is 18.6 Å². The van der Waals surface area contributed by atoms with Gasteiger partial charge in [0.2, 0.25) is 0 Å². The topological polar surface area (TPSA) is 38.0 Å². The number of hydrogen-bond acceptors (Lipinski definition) is 2. The van der Waals surface area contributed by atoms with Gasteiger partial charge in [-0.15, -0.1) is 11.8 Å². The molecule has 0 bridgehead atoms. The summed E-state index contributed by atoms with van der Waals surface area (Å²) in [6, 6.07) is 0. The molecule has 2 nitrogen and oxygen atoms in total. The first-order chi connectivity index (χ1) is 5.12. The van der Waals surface area contributed by atoms with Gasteiger partial charge in [0.15, 0.2) is 0 Å². The Morgan fingerprint density at radius 3 is 2.55 bits per heavy atom. The third kappa shape index (κ3) is 5.90. The van der Waals surface area contributed by atoms with Crippen molar-refractivity contribution in [3.8, 4) is 11.8 Å². The molecule has 0 heterocycles. The van der Waals surface area contributed by atoms with Gasteiger partial charge in [0, 0.05) is 25.0 Å². The maximum Gasteiger partial charge on any atom is 0.0247 e. The molecule has 0 saturated carbocycles. The Morgan fingerprint density at radius 1 is 1.45 bits per heavy atom. The highest BCUT2D eigenvalue weighted by atomic mass is 15.0. The average Bonchev–Trinajstić information content (AvgIpc) is 1.99. The van der Waals surface area contributed by atoms with Crippen LogP contribution in [0, 0.1) is 11.8 Å². The van der Waals surface area contributed by atoms with Crippen LogP contribution in [0.2, 0.25) is 0 Å². The van der Waals surface area contributed by atoms with E-state index in [1.807, 2.05) is 6.92 Å². The number of rotatable bonds is 4. The number of nitrogens with one attached hydrogen (secondary N) is 1. The highest BCUT2D eigenvalue weighted by molar-refractivity contribution is 4.95. The Balaban J connectivity index is 3.42. The van der Waals surface area contributed by atoms with Gasteiger partial charge in [-0.1, -0.05) is 0 Å². The quantitative estimate of drug-likeness (QED) is 0.462. The maximum atomic E-state index is 5.52. The predicted molar refractivity (Wildman–Crippen MR) is 49.2 cm³/mol. The minimum absolute atomic E-state index is 0.0510. The van der Waals surface area contributed by atoms with E-state index in [0.29, 0.717) is 6.54 Å². The van der Waals surface area contributed by atoms with Crippen LogP contribution in [0.4, 0.5) is 0 Å². The summed E-state index contributed by atoms with van der Waals surface area (Å²) in [5.41, 5.74) is 5.57. The molecule has 2 heteroatoms. The molecular weight excluding hydrogens is 136 g/mol. The summed E-state index contributed by atoms with van der Waals surface area (Å²) < 4.78 is 0. The lowest BCUT2D eigenvalue weighted by Gasteiger charge is -2.23. The molecule has 0 unspecified atom stereocenters. The van der Waals surface area contributed by atoms with E-state index in [0.717, 1.165) is 13.0 Å². The van der Waals surface area contributed by atoms with Crippen molar-refractivity contribution in [3.05, 3.63) is 0 Å². The number of hydrogen-bond donors (Lipinski definition) is 2. The normalized spacial score (nSPS) is 10.5. The summed E-state index contributed by atoms with van der Waals surface area (Å²) in [6.07, 6.45) is 0.903. The molecule has 64 valence electrons. The first-order valence-electron chi connectivity index (χ1n) is 3.97. The smallest absolute Gasteiger partial charge is 0.0247 e. The van der Waals surface area contributed by atoms with Gasteiger partial charge in [-0.2, -0.15) is 0 Å². The first-order valence-corrected chi connectivity index (χ1v) is 3.97. The van der Waals surface area contributed by atoms with Crippen molar-refractivity contribution in [2.45, 2.75) is 32.7 Å². The molecule has 0 aromatic rings. The van der Waals surface area contributed by atoms with Gasteiger partial charge < -0.3 is 11.1 Å². The van der Waals surface area contributed by atoms with Crippen molar-refractivity contribution in [1.29, 1.82) is 0 Å². The van der Waals surface area contributed by atoms with Gasteiger partial charge in [-0.05, 0) is 20.8 Å². The Labute approximate surface area is 69.5 Å². The SMILES string of the molecule is CC#CCCNC(C)(C)CN. The molecule has 0 rings (SSSR count). The van der Waals surface area contributed by atoms with E-state index in [4.69, 9.17) is 5.73 Å². The lowest BCUT2D eigenvalue weighted by Crippen LogP contribution is -2.46. The lowest BCUT2D eigenvalue weighted by atomic mass is 10.1. The largest absolute Gasteiger partial charge is 0.329 e. The molecule has 0 radical (unpaired) electrons. The van der Waals surface area contributed by atoms with Crippen LogP contribution in [0.25, 0.3) is 0 Å². The maximum absolute atomic E-state index is 5.52. The van der Waals surface area contributed by atoms with Gasteiger partial charge in [0.1, 0.15) is 0 Å². The summed E-state index contributed by atoms with van der Waals surface area (Å²) in [7, 11) is 0. The molecule has 0 amide bonds. The summed E-state index contributed by atoms with van der Waals surface area (Å²) in [4.78, 5) is 0. The van der Waals surface area contributed by atoms with Gasteiger partial charge in [0.25, 0.3) is 0 Å². The molecule has 11 heavy (non-hydrogen) atoms. The second-order valence-corrected chi connectivity index (χ2v) is 3.19. The van der Waals surface area contributed by atoms with Gasteiger partial charge >= 0.3 is 0 Å². The van der Waals surface area contributed by atoms with E-state index in [1.54, 1.807) is 0 Å². The molecule has 0 aliphatic rings. The second kappa shape index (κ2) is 5.17. The van der Waals surface area contributed by atoms with E-state index >= 15 is 0 Å². The van der Waals surface area contributed by atoms with Gasteiger partial charge in [-0.3, -0.25) is 0 Å². The van der Waals surface area contributed by atoms with Crippen LogP contribution in [0.1, 0.15) is 27.2 Å². The van der Waals surface area contributed by atoms with E-state index in [1.165, 1.54) is 0 Å². The second-order valence-electron chi connectivity index (χ2n) is 3.19. The van der Waals surface area contributed by atoms with Crippen LogP contribution >= 0.6 is 0 Å². The highest BCUT2D eigenvalue weighted by Crippen LogP contribution is 1.96. The Hall–Kier alpha value is -0.520. The predicted octanol–water partition coefficient (Wildman–Crippen LogP) is 0.727. The zero-order valence-electron chi connectivity index (χ0n) is 7.70. The monoisotopic (exact) mass is 154 g/mol. The molecule has 3 N–H and O–H groups in total. The summed E-state index contributed by atoms with van der Waals surface area (Å²) in [5, 5.41) is 3.32. The molecule has 0 aromatic carbocycles. The molecular formula is C9H18N2. The molecule has 0 spiro atoms. The summed E-state index contributed by atoms with van der Waals surface area (Å²) in [6.45, 7) is 7.62. The molecule has 0 aliphatic heterocycles. The minimum Gasteiger partial charge on any atom is -0.329 e. The third-order valence-corrected chi connectivity index (χ3v) is 1.54. The van der Waals surface area contributed by atoms with Crippen molar-refractivity contribution >= 4 is 0 Å². The van der Waals surface area contributed by atoms with E-state index in [2.05, 4.69) is 31.0 Å². The molecule has 0 atom stereocenters. The van der Waals surface area contributed by atoms with Crippen LogP contribution in [0.3, 0.4) is 0 Å². The first kappa shape index (κ1) is 10.5. The van der Waals surface area contributed by atoms with Crippen molar-refractivity contribution in [2.75, 3.05) is 13.1 Å². The zero-order valence-corrected chi connectivity index (χ0v) is 7.70. The Morgan fingerprint density at radius 2 is 2.09 bits per heavy atom. The van der Waals surface area contributed by atoms with Crippen molar-refractivity contribution in [2.24, 2.45) is 5.73 Å². The van der Waals surface area contributed by atoms with Gasteiger partial charge in [0.05, 0.1) is 0 Å². The third-order valence-electron chi connectivity index (χ3n) is 1.54. The zero-order chi connectivity index (χ0) is 8.74. The fraction of sp³-hybridized carbons (Fsp3) is 0.778. The van der Waals surface area contributed by atoms with Gasteiger partial charge in [-0.25, -0.2) is 0 Å². The molecule has 0 aliphatic carbocycles. The highest BCUT2D eigenvalue weighted by Gasteiger charge is 2.12. The van der Waals surface area contributed by atoms with Crippen LogP contribution < -0.4 is 11.1 Å². The van der Waals surface area contributed by atoms with Crippen LogP contribution in [0.15, 0.2) is 0 Å². The summed E-state index contributed by atoms with van der Waals surface area (Å²) >= 11 is 0. The van der Waals surface area contributed by atoms with Crippen molar-refractivity contribution in [3.63, 3.8) is 0 Å². The fourth-order valence-electron chi connectivity index (χ4n) is 0.661. The standard InChI is InChI=1S/C9H18N2/c1-4-5-6-7-11-9(2,3)8-10/h11H,6-8,10H2,1-3H3. The fourth-order valence-corrected chi connectivity index (χ4v) is 0.661. The molecule has 0 fully saturated rings. The molecule has 0 aromatic heterocycles. The summed E-state index contributed by atoms with van der Waals surface area (Å²) in [5.74, 6) is 5.84. The van der Waals surface area contributed by atoms with Crippen molar-refractivity contribution < 1.29 is 0 Å². The van der Waals surface area contributed by atoms with E-state index in [9.17, 15) is 0 Å². The Kier molecular flexibility index (Phi) is 4.93. The van der Waals surface area contributed by atoms with E-state index in [-0.39, 0.29) is 5.54 Å². The molecule has 0 saturated heterocycles. The minimum atomic E-state index is 0.0510. The van der Waals surface area contributed by atoms with Crippen LogP contribution in [0.5, 0.6) is 0 Å². The number of nitrogens with two attached hydrogens (primary N) is 1. The van der Waals surface area contributed by atoms with Crippen LogP contribution in [-0.2, 0) is 0 Å². The van der Waals surface area contributed by atoms with Crippen molar-refractivity contribution in [1.82, 2.24) is 5.32 Å². The lowest BCUT2D eigenvalue weighted by molar-refractivity contribution is 0.404. The van der Waals surface area contributed by atoms with E-state index < -0.39 is 0 Å².